The summed E-state index contributed by atoms with van der Waals surface area (Å²) >= 11 is 8.86. The van der Waals surface area contributed by atoms with Crippen LogP contribution in [0.25, 0.3) is 11.5 Å². The molecular weight excluding hydrogens is 372 g/mol. The molecule has 118 valence electrons. The van der Waals surface area contributed by atoms with Gasteiger partial charge in [0, 0.05) is 28.2 Å². The second-order valence-corrected chi connectivity index (χ2v) is 6.32. The number of rotatable bonds is 5. The average Bonchev–Trinajstić information content (AvgIpc) is 2.53. The molecule has 0 fully saturated rings. The smallest absolute Gasteiger partial charge is 0.288 e. The Bertz CT molecular complexity index is 754. The largest absolute Gasteiger partial charge is 0.502 e. The summed E-state index contributed by atoms with van der Waals surface area (Å²) in [6, 6.07) is 11.3. The van der Waals surface area contributed by atoms with Crippen molar-refractivity contribution in [3.63, 3.8) is 0 Å². The van der Waals surface area contributed by atoms with Crippen molar-refractivity contribution in [2.45, 2.75) is 6.92 Å². The lowest BCUT2D eigenvalue weighted by molar-refractivity contribution is -0.576. The Labute approximate surface area is 150 Å². The van der Waals surface area contributed by atoms with E-state index in [4.69, 9.17) is 12.2 Å². The van der Waals surface area contributed by atoms with Gasteiger partial charge >= 0.3 is 0 Å². The number of aliphatic hydroxyl groups is 1. The zero-order valence-corrected chi connectivity index (χ0v) is 15.2. The van der Waals surface area contributed by atoms with Gasteiger partial charge in [0.2, 0.25) is 0 Å². The lowest BCUT2D eigenvalue weighted by Crippen LogP contribution is -2.41. The summed E-state index contributed by atoms with van der Waals surface area (Å²) in [5, 5.41) is 13.9. The van der Waals surface area contributed by atoms with Crippen molar-refractivity contribution < 1.29 is 9.67 Å². The van der Waals surface area contributed by atoms with Gasteiger partial charge in [-0.05, 0) is 37.3 Å². The molecule has 0 bridgehead atoms. The molecule has 0 aliphatic rings. The Kier molecular flexibility index (Phi) is 6.07. The van der Waals surface area contributed by atoms with Crippen LogP contribution in [-0.2, 0) is 0 Å². The van der Waals surface area contributed by atoms with Crippen LogP contribution in [0.2, 0.25) is 0 Å². The first-order chi connectivity index (χ1) is 11.0. The fourth-order valence-corrected chi connectivity index (χ4v) is 2.62. The molecule has 0 aliphatic heterocycles. The van der Waals surface area contributed by atoms with Gasteiger partial charge in [-0.25, -0.2) is 0 Å². The Hall–Kier alpha value is -1.98. The number of pyridine rings is 1. The molecule has 0 amide bonds. The maximum Gasteiger partial charge on any atom is 0.288 e. The highest BCUT2D eigenvalue weighted by Gasteiger charge is 2.23. The molecule has 2 N–H and O–H groups in total. The molecule has 1 aromatic carbocycles. The normalized spacial score (nSPS) is 11.6. The number of hydrogen-bond acceptors (Lipinski definition) is 2. The molecule has 0 saturated carbocycles. The Morgan fingerprint density at radius 3 is 2.65 bits per heavy atom. The van der Waals surface area contributed by atoms with Gasteiger partial charge in [-0.2, -0.15) is 4.57 Å². The Morgan fingerprint density at radius 2 is 2.04 bits per heavy atom. The van der Waals surface area contributed by atoms with E-state index in [9.17, 15) is 5.11 Å². The molecule has 0 unspecified atom stereocenters. The molecule has 2 aromatic rings. The van der Waals surface area contributed by atoms with Crippen LogP contribution in [0, 0.1) is 6.92 Å². The maximum absolute atomic E-state index is 10.8. The third-order valence-corrected chi connectivity index (χ3v) is 4.04. The molecule has 0 atom stereocenters. The zero-order chi connectivity index (χ0) is 16.8. The summed E-state index contributed by atoms with van der Waals surface area (Å²) < 4.78 is 2.77. The van der Waals surface area contributed by atoms with Gasteiger partial charge in [0.15, 0.2) is 23.1 Å². The van der Waals surface area contributed by atoms with E-state index < -0.39 is 0 Å². The zero-order valence-electron chi connectivity index (χ0n) is 12.8. The monoisotopic (exact) mass is 389 g/mol. The minimum atomic E-state index is 0.120. The summed E-state index contributed by atoms with van der Waals surface area (Å²) in [5.74, 6) is 0.120. The summed E-state index contributed by atoms with van der Waals surface area (Å²) in [4.78, 5) is 0.459. The first kappa shape index (κ1) is 17.4. The first-order valence-corrected chi connectivity index (χ1v) is 8.29. The predicted molar refractivity (Wildman–Crippen MR) is 102 cm³/mol. The van der Waals surface area contributed by atoms with Crippen molar-refractivity contribution in [1.29, 1.82) is 0 Å². The minimum absolute atomic E-state index is 0.120. The van der Waals surface area contributed by atoms with Crippen LogP contribution in [0.4, 0.5) is 0 Å². The molecule has 5 heteroatoms. The van der Waals surface area contributed by atoms with Gasteiger partial charge in [-0.1, -0.05) is 34.2 Å². The van der Waals surface area contributed by atoms with Gasteiger partial charge in [0.1, 0.15) is 0 Å². The Morgan fingerprint density at radius 1 is 1.35 bits per heavy atom. The number of halogens is 1. The third-order valence-electron chi connectivity index (χ3n) is 3.17. The van der Waals surface area contributed by atoms with Gasteiger partial charge in [0.05, 0.1) is 0 Å². The highest BCUT2D eigenvalue weighted by molar-refractivity contribution is 9.10. The molecule has 0 radical (unpaired) electrons. The van der Waals surface area contributed by atoms with Crippen LogP contribution < -0.4 is 9.88 Å². The second-order valence-electron chi connectivity index (χ2n) is 4.99. The van der Waals surface area contributed by atoms with E-state index in [0.717, 1.165) is 10.0 Å². The summed E-state index contributed by atoms with van der Waals surface area (Å²) in [5.41, 5.74) is 2.30. The van der Waals surface area contributed by atoms with Gasteiger partial charge in [0.25, 0.3) is 5.70 Å². The summed E-state index contributed by atoms with van der Waals surface area (Å²) in [6.45, 7) is 6.20. The topological polar surface area (TPSA) is 36.1 Å². The van der Waals surface area contributed by atoms with Crippen molar-refractivity contribution in [3.05, 3.63) is 77.0 Å². The molecular formula is C18H18BrN2OS+. The predicted octanol–water partition coefficient (Wildman–Crippen LogP) is 4.03. The van der Waals surface area contributed by atoms with Gasteiger partial charge in [-0.15, -0.1) is 6.58 Å². The summed E-state index contributed by atoms with van der Waals surface area (Å²) in [7, 11) is 0. The second kappa shape index (κ2) is 8.04. The van der Waals surface area contributed by atoms with Crippen molar-refractivity contribution >= 4 is 44.6 Å². The highest BCUT2D eigenvalue weighted by Crippen LogP contribution is 2.19. The van der Waals surface area contributed by atoms with E-state index in [-0.39, 0.29) is 5.76 Å². The quantitative estimate of drug-likeness (QED) is 0.266. The average molecular weight is 390 g/mol. The number of nitrogens with one attached hydrogen (secondary N) is 1. The lowest BCUT2D eigenvalue weighted by atomic mass is 10.1. The molecule has 0 saturated heterocycles. The summed E-state index contributed by atoms with van der Waals surface area (Å²) in [6.07, 6.45) is 5.51. The standard InChI is InChI=1S/C18H17BrN2OS/c1-3-10-20-18(23)16(21-11-4-5-13(2)12-21)17(22)14-6-8-15(19)9-7-14/h3-9,11-12H,1,10H2,2H3,(H-,20,22,23)/p+1. The first-order valence-electron chi connectivity index (χ1n) is 7.09. The molecule has 3 nitrogen and oxygen atoms in total. The number of aryl methyl sites for hydroxylation is 1. The number of aliphatic hydroxyl groups excluding tert-OH is 1. The van der Waals surface area contributed by atoms with E-state index in [1.54, 1.807) is 6.08 Å². The molecule has 0 aliphatic carbocycles. The van der Waals surface area contributed by atoms with Crippen molar-refractivity contribution in [3.8, 4) is 0 Å². The number of hydrogen-bond donors (Lipinski definition) is 2. The number of benzene rings is 1. The highest BCUT2D eigenvalue weighted by atomic mass is 79.9. The number of nitrogens with zero attached hydrogens (tertiary/aromatic N) is 1. The van der Waals surface area contributed by atoms with E-state index >= 15 is 0 Å². The van der Waals surface area contributed by atoms with Crippen LogP contribution >= 0.6 is 28.1 Å². The molecule has 2 rings (SSSR count). The molecule has 0 spiro atoms. The van der Waals surface area contributed by atoms with Crippen molar-refractivity contribution in [1.82, 2.24) is 5.32 Å². The van der Waals surface area contributed by atoms with Crippen molar-refractivity contribution in [2.75, 3.05) is 6.54 Å². The van der Waals surface area contributed by atoms with E-state index in [0.29, 0.717) is 22.8 Å². The molecule has 1 aromatic heterocycles. The number of aromatic nitrogens is 1. The third kappa shape index (κ3) is 4.50. The van der Waals surface area contributed by atoms with E-state index in [1.807, 2.05) is 60.3 Å². The molecule has 23 heavy (non-hydrogen) atoms. The maximum atomic E-state index is 10.8. The van der Waals surface area contributed by atoms with Gasteiger partial charge < -0.3 is 10.4 Å². The van der Waals surface area contributed by atoms with E-state index in [1.165, 1.54) is 0 Å². The lowest BCUT2D eigenvalue weighted by Gasteiger charge is -2.09. The van der Waals surface area contributed by atoms with Crippen LogP contribution in [0.3, 0.4) is 0 Å². The minimum Gasteiger partial charge on any atom is -0.502 e. The molecule has 1 heterocycles. The Balaban J connectivity index is 2.55. The van der Waals surface area contributed by atoms with Crippen LogP contribution in [0.1, 0.15) is 11.1 Å². The van der Waals surface area contributed by atoms with Crippen LogP contribution in [0.5, 0.6) is 0 Å². The fourth-order valence-electron chi connectivity index (χ4n) is 2.07. The SMILES string of the molecule is C=CCNC(=S)/C(=C(\O)c1ccc(Br)cc1)[n+]1cccc(C)c1. The van der Waals surface area contributed by atoms with E-state index in [2.05, 4.69) is 27.8 Å². The van der Waals surface area contributed by atoms with Gasteiger partial charge in [-0.3, -0.25) is 0 Å². The van der Waals surface area contributed by atoms with Crippen LogP contribution in [-0.4, -0.2) is 16.6 Å². The number of thiocarbonyl (C=S) groups is 1. The fraction of sp³-hybridized carbons (Fsp3) is 0.111. The van der Waals surface area contributed by atoms with Crippen LogP contribution in [0.15, 0.2) is 65.9 Å². The van der Waals surface area contributed by atoms with Crippen molar-refractivity contribution in [2.24, 2.45) is 0 Å².